The number of hydrogen-bond acceptors (Lipinski definition) is 7. The molecule has 0 unspecified atom stereocenters. The van der Waals surface area contributed by atoms with E-state index < -0.39 is 0 Å². The van der Waals surface area contributed by atoms with Crippen molar-refractivity contribution in [2.45, 2.75) is 13.8 Å². The monoisotopic (exact) mass is 650 g/mol. The highest BCUT2D eigenvalue weighted by atomic mass is 32.1. The Morgan fingerprint density at radius 1 is 0.531 bits per heavy atom. The molecule has 0 atom stereocenters. The topological polar surface area (TPSA) is 87.8 Å². The van der Waals surface area contributed by atoms with Crippen molar-refractivity contribution >= 4 is 46.8 Å². The fourth-order valence-corrected chi connectivity index (χ4v) is 6.40. The van der Waals surface area contributed by atoms with Crippen LogP contribution in [0.2, 0.25) is 0 Å². The number of thiol groups is 1. The van der Waals surface area contributed by atoms with Crippen LogP contribution < -0.4 is 0 Å². The number of aryl methyl sites for hydroxylation is 2. The number of nitrogens with one attached hydrogen (secondary N) is 1. The largest absolute Gasteiger partial charge is 0.298 e. The van der Waals surface area contributed by atoms with Gasteiger partial charge in [0.2, 0.25) is 0 Å². The van der Waals surface area contributed by atoms with Gasteiger partial charge >= 0.3 is 0 Å². The summed E-state index contributed by atoms with van der Waals surface area (Å²) in [6.45, 7) is 4.13. The van der Waals surface area contributed by atoms with Crippen molar-refractivity contribution in [1.29, 1.82) is 5.41 Å². The van der Waals surface area contributed by atoms with E-state index in [4.69, 9.17) is 19.9 Å². The third-order valence-corrected chi connectivity index (χ3v) is 9.02. The average Bonchev–Trinajstić information content (AvgIpc) is 3.15. The molecule has 5 aromatic carbocycles. The highest BCUT2D eigenvalue weighted by Gasteiger charge is 2.28. The van der Waals surface area contributed by atoms with Crippen LogP contribution in [-0.2, 0) is 0 Å². The molecule has 0 aliphatic heterocycles. The Morgan fingerprint density at radius 3 is 1.57 bits per heavy atom. The Labute approximate surface area is 290 Å². The summed E-state index contributed by atoms with van der Waals surface area (Å²) in [5.74, 6) is 1.80. The van der Waals surface area contributed by atoms with Gasteiger partial charge in [-0.25, -0.2) is 24.3 Å². The molecule has 0 radical (unpaired) electrons. The van der Waals surface area contributed by atoms with Gasteiger partial charge in [0.25, 0.3) is 0 Å². The van der Waals surface area contributed by atoms with Crippen LogP contribution >= 0.6 is 12.8 Å². The Morgan fingerprint density at radius 2 is 1.02 bits per heavy atom. The minimum Gasteiger partial charge on any atom is -0.298 e. The number of fused-ring (bicyclic) bond motifs is 3. The van der Waals surface area contributed by atoms with Gasteiger partial charge in [0.05, 0.1) is 16.9 Å². The molecule has 0 fully saturated rings. The first-order valence-electron chi connectivity index (χ1n) is 16.0. The molecular weight excluding hydrogens is 621 g/mol. The molecule has 2 heterocycles. The summed E-state index contributed by atoms with van der Waals surface area (Å²) in [6.07, 6.45) is 2.06. The normalized spacial score (nSPS) is 13.4. The number of nitrogens with zero attached hydrogens (tertiary/aromatic N) is 5. The lowest BCUT2D eigenvalue weighted by Gasteiger charge is -2.23. The lowest BCUT2D eigenvalue weighted by Crippen LogP contribution is -2.22. The van der Waals surface area contributed by atoms with Gasteiger partial charge < -0.3 is 0 Å². The summed E-state index contributed by atoms with van der Waals surface area (Å²) in [5.41, 5.74) is 11.9. The van der Waals surface area contributed by atoms with Gasteiger partial charge in [-0.05, 0) is 44.4 Å². The molecule has 0 saturated carbocycles. The maximum atomic E-state index is 9.32. The van der Waals surface area contributed by atoms with E-state index in [1.165, 1.54) is 11.1 Å². The predicted molar refractivity (Wildman–Crippen MR) is 204 cm³/mol. The SMILES string of the molecule is Cc1ccc(-c2nc(-c3ccc(C)cc3)nc(-c3ccc(C4=Cc5c(-c6ccccc6)nc6ccccc6c5C(=NS)C4=N)cc3)n2)cc1. The number of allylic oxidation sites excluding steroid dienone is 1. The van der Waals surface area contributed by atoms with Crippen LogP contribution in [0.1, 0.15) is 27.8 Å². The van der Waals surface area contributed by atoms with Crippen molar-refractivity contribution in [3.05, 3.63) is 155 Å². The second-order valence-electron chi connectivity index (χ2n) is 12.1. The van der Waals surface area contributed by atoms with E-state index in [9.17, 15) is 5.41 Å². The molecular formula is C42H30N6S. The summed E-state index contributed by atoms with van der Waals surface area (Å²) in [6, 6.07) is 42.5. The zero-order valence-electron chi connectivity index (χ0n) is 26.9. The molecule has 234 valence electrons. The standard InChI is InChI=1S/C42H30N6S/c1-25-12-16-29(17-13-25)40-45-41(30-18-14-26(2)15-19-30)47-42(46-40)31-22-20-27(21-23-31)33-24-34-36(39(48-49)37(33)43)32-10-6-7-11-35(32)44-38(34)28-8-4-3-5-9-28/h3-24,43,49H,1-2H3. The van der Waals surface area contributed by atoms with E-state index in [-0.39, 0.29) is 0 Å². The first kappa shape index (κ1) is 30.3. The molecule has 7 aromatic rings. The predicted octanol–water partition coefficient (Wildman–Crippen LogP) is 9.91. The molecule has 49 heavy (non-hydrogen) atoms. The molecule has 8 rings (SSSR count). The van der Waals surface area contributed by atoms with Crippen LogP contribution in [0.5, 0.6) is 0 Å². The van der Waals surface area contributed by atoms with E-state index in [1.54, 1.807) is 0 Å². The maximum Gasteiger partial charge on any atom is 0.164 e. The minimum absolute atomic E-state index is 0.300. The molecule has 1 N–H and O–H groups in total. The van der Waals surface area contributed by atoms with Crippen molar-refractivity contribution in [3.8, 4) is 45.4 Å². The molecule has 0 bridgehead atoms. The summed E-state index contributed by atoms with van der Waals surface area (Å²) in [7, 11) is 0. The van der Waals surface area contributed by atoms with Gasteiger partial charge in [0.1, 0.15) is 5.71 Å². The van der Waals surface area contributed by atoms with Crippen molar-refractivity contribution in [2.24, 2.45) is 4.40 Å². The Kier molecular flexibility index (Phi) is 7.74. The van der Waals surface area contributed by atoms with Gasteiger partial charge in [-0.3, -0.25) is 5.41 Å². The molecule has 1 aliphatic carbocycles. The van der Waals surface area contributed by atoms with Crippen molar-refractivity contribution in [3.63, 3.8) is 0 Å². The average molecular weight is 651 g/mol. The Balaban J connectivity index is 1.25. The van der Waals surface area contributed by atoms with Gasteiger partial charge in [-0.2, -0.15) is 0 Å². The summed E-state index contributed by atoms with van der Waals surface area (Å²) in [5, 5.41) is 10.2. The fraction of sp³-hybridized carbons (Fsp3) is 0.0476. The van der Waals surface area contributed by atoms with Crippen molar-refractivity contribution in [1.82, 2.24) is 19.9 Å². The molecule has 0 saturated heterocycles. The van der Waals surface area contributed by atoms with Gasteiger partial charge in [-0.1, -0.05) is 132 Å². The van der Waals surface area contributed by atoms with E-state index >= 15 is 0 Å². The van der Waals surface area contributed by atoms with E-state index in [1.807, 2.05) is 91.0 Å². The van der Waals surface area contributed by atoms with Crippen LogP contribution in [0.3, 0.4) is 0 Å². The van der Waals surface area contributed by atoms with Crippen molar-refractivity contribution < 1.29 is 0 Å². The third kappa shape index (κ3) is 5.64. The molecule has 6 nitrogen and oxygen atoms in total. The number of hydrogen-bond donors (Lipinski definition) is 2. The van der Waals surface area contributed by atoms with Crippen molar-refractivity contribution in [2.75, 3.05) is 0 Å². The zero-order valence-corrected chi connectivity index (χ0v) is 27.8. The number of pyridine rings is 1. The van der Waals surface area contributed by atoms with Gasteiger partial charge in [-0.15, -0.1) is 0 Å². The molecule has 2 aromatic heterocycles. The molecule has 0 amide bonds. The molecule has 7 heteroatoms. The van der Waals surface area contributed by atoms with E-state index in [0.717, 1.165) is 61.1 Å². The fourth-order valence-electron chi connectivity index (χ4n) is 6.20. The second-order valence-corrected chi connectivity index (χ2v) is 12.3. The first-order valence-corrected chi connectivity index (χ1v) is 16.4. The number of rotatable bonds is 5. The Hall–Kier alpha value is -6.05. The number of benzene rings is 5. The number of aromatic nitrogens is 4. The number of para-hydroxylation sites is 1. The first-order chi connectivity index (χ1) is 24.0. The minimum atomic E-state index is 0.300. The summed E-state index contributed by atoms with van der Waals surface area (Å²) >= 11 is 4.38. The second kappa shape index (κ2) is 12.5. The van der Waals surface area contributed by atoms with Crippen LogP contribution in [0.4, 0.5) is 0 Å². The maximum absolute atomic E-state index is 9.32. The lowest BCUT2D eigenvalue weighted by molar-refractivity contribution is 1.07. The lowest BCUT2D eigenvalue weighted by atomic mass is 9.82. The highest BCUT2D eigenvalue weighted by Crippen LogP contribution is 2.38. The highest BCUT2D eigenvalue weighted by molar-refractivity contribution is 7.79. The van der Waals surface area contributed by atoms with Crippen LogP contribution in [-0.4, -0.2) is 31.4 Å². The van der Waals surface area contributed by atoms with Crippen LogP contribution in [0.25, 0.3) is 68.0 Å². The third-order valence-electron chi connectivity index (χ3n) is 8.82. The summed E-state index contributed by atoms with van der Waals surface area (Å²) in [4.78, 5) is 19.8. The Bertz CT molecular complexity index is 2390. The van der Waals surface area contributed by atoms with E-state index in [0.29, 0.717) is 28.9 Å². The van der Waals surface area contributed by atoms with Crippen LogP contribution in [0.15, 0.2) is 132 Å². The summed E-state index contributed by atoms with van der Waals surface area (Å²) < 4.78 is 4.37. The zero-order chi connectivity index (χ0) is 33.5. The molecule has 0 spiro atoms. The molecule has 1 aliphatic rings. The van der Waals surface area contributed by atoms with Gasteiger partial charge in [0.15, 0.2) is 17.5 Å². The van der Waals surface area contributed by atoms with Gasteiger partial charge in [0, 0.05) is 44.3 Å². The van der Waals surface area contributed by atoms with E-state index in [2.05, 4.69) is 73.5 Å². The van der Waals surface area contributed by atoms with Crippen LogP contribution in [0, 0.1) is 19.3 Å². The smallest absolute Gasteiger partial charge is 0.164 e. The quantitative estimate of drug-likeness (QED) is 0.182.